The summed E-state index contributed by atoms with van der Waals surface area (Å²) >= 11 is 0. The number of aromatic amines is 1. The Hall–Kier alpha value is -2.10. The van der Waals surface area contributed by atoms with Gasteiger partial charge in [0.05, 0.1) is 22.4 Å². The maximum atomic E-state index is 4.75. The van der Waals surface area contributed by atoms with Gasteiger partial charge in [-0.15, -0.1) is 0 Å². The lowest BCUT2D eigenvalue weighted by atomic mass is 10.0. The van der Waals surface area contributed by atoms with Gasteiger partial charge in [-0.25, -0.2) is 9.67 Å². The standard InChI is InChI=1S/C17H22N4/c1-9(2)17-11(4)20-21(12(17)5)16-8-15-14(7-10(16)3)18-13(6)19-15/h7-9H,1-6H3,(H,18,19). The van der Waals surface area contributed by atoms with Crippen LogP contribution < -0.4 is 0 Å². The first-order valence-corrected chi connectivity index (χ1v) is 7.42. The van der Waals surface area contributed by atoms with Gasteiger partial charge in [-0.3, -0.25) is 0 Å². The molecule has 0 fully saturated rings. The number of hydrogen-bond donors (Lipinski definition) is 1. The summed E-state index contributed by atoms with van der Waals surface area (Å²) in [6.07, 6.45) is 0. The molecule has 0 radical (unpaired) electrons. The summed E-state index contributed by atoms with van der Waals surface area (Å²) in [6.45, 7) is 12.8. The van der Waals surface area contributed by atoms with Crippen molar-refractivity contribution < 1.29 is 0 Å². The maximum absolute atomic E-state index is 4.75. The molecule has 3 rings (SSSR count). The third-order valence-corrected chi connectivity index (χ3v) is 4.07. The molecule has 21 heavy (non-hydrogen) atoms. The van der Waals surface area contributed by atoms with Crippen LogP contribution in [0.1, 0.15) is 48.1 Å². The molecule has 0 atom stereocenters. The molecule has 0 aliphatic carbocycles. The first-order valence-electron chi connectivity index (χ1n) is 7.42. The highest BCUT2D eigenvalue weighted by Gasteiger charge is 2.17. The minimum Gasteiger partial charge on any atom is -0.342 e. The van der Waals surface area contributed by atoms with Crippen LogP contribution in [0.3, 0.4) is 0 Å². The van der Waals surface area contributed by atoms with Crippen LogP contribution in [0.4, 0.5) is 0 Å². The zero-order chi connectivity index (χ0) is 15.3. The van der Waals surface area contributed by atoms with E-state index in [1.165, 1.54) is 16.8 Å². The summed E-state index contributed by atoms with van der Waals surface area (Å²) in [5, 5.41) is 4.75. The third kappa shape index (κ3) is 2.15. The van der Waals surface area contributed by atoms with Crippen LogP contribution >= 0.6 is 0 Å². The molecule has 4 nitrogen and oxygen atoms in total. The monoisotopic (exact) mass is 282 g/mol. The zero-order valence-electron chi connectivity index (χ0n) is 13.6. The lowest BCUT2D eigenvalue weighted by molar-refractivity contribution is 0.819. The quantitative estimate of drug-likeness (QED) is 0.769. The second-order valence-electron chi connectivity index (χ2n) is 6.13. The summed E-state index contributed by atoms with van der Waals surface area (Å²) in [7, 11) is 0. The van der Waals surface area contributed by atoms with Crippen LogP contribution in [-0.4, -0.2) is 19.7 Å². The molecule has 0 saturated heterocycles. The van der Waals surface area contributed by atoms with Crippen LogP contribution in [0.25, 0.3) is 16.7 Å². The number of fused-ring (bicyclic) bond motifs is 1. The molecule has 3 aromatic rings. The Bertz CT molecular complexity index is 821. The first kappa shape index (κ1) is 13.9. The number of nitrogens with one attached hydrogen (secondary N) is 1. The summed E-state index contributed by atoms with van der Waals surface area (Å²) in [6, 6.07) is 4.27. The first-order chi connectivity index (χ1) is 9.88. The SMILES string of the molecule is Cc1nc2cc(-n3nc(C)c(C(C)C)c3C)c(C)cc2[nH]1. The van der Waals surface area contributed by atoms with Crippen molar-refractivity contribution in [2.45, 2.75) is 47.5 Å². The van der Waals surface area contributed by atoms with Crippen LogP contribution in [0.2, 0.25) is 0 Å². The second-order valence-corrected chi connectivity index (χ2v) is 6.13. The molecule has 0 bridgehead atoms. The molecule has 0 aliphatic rings. The number of H-pyrrole nitrogens is 1. The van der Waals surface area contributed by atoms with E-state index >= 15 is 0 Å². The topological polar surface area (TPSA) is 46.5 Å². The molecular weight excluding hydrogens is 260 g/mol. The predicted octanol–water partition coefficient (Wildman–Crippen LogP) is 4.11. The molecule has 4 heteroatoms. The lowest BCUT2D eigenvalue weighted by Crippen LogP contribution is -2.02. The van der Waals surface area contributed by atoms with E-state index in [2.05, 4.69) is 61.4 Å². The van der Waals surface area contributed by atoms with Crippen molar-refractivity contribution in [3.63, 3.8) is 0 Å². The van der Waals surface area contributed by atoms with Crippen LogP contribution in [0.5, 0.6) is 0 Å². The molecule has 1 aromatic carbocycles. The Morgan fingerprint density at radius 3 is 2.43 bits per heavy atom. The van der Waals surface area contributed by atoms with Gasteiger partial charge in [0.15, 0.2) is 0 Å². The summed E-state index contributed by atoms with van der Waals surface area (Å²) in [5.74, 6) is 1.42. The smallest absolute Gasteiger partial charge is 0.104 e. The fourth-order valence-corrected chi connectivity index (χ4v) is 3.23. The largest absolute Gasteiger partial charge is 0.342 e. The van der Waals surface area contributed by atoms with Crippen molar-refractivity contribution in [2.24, 2.45) is 0 Å². The second kappa shape index (κ2) is 4.72. The van der Waals surface area contributed by atoms with E-state index in [9.17, 15) is 0 Å². The average Bonchev–Trinajstić information content (AvgIpc) is 2.87. The molecular formula is C17H22N4. The van der Waals surface area contributed by atoms with Crippen LogP contribution in [0.15, 0.2) is 12.1 Å². The van der Waals surface area contributed by atoms with E-state index in [4.69, 9.17) is 5.10 Å². The van der Waals surface area contributed by atoms with Gasteiger partial charge in [0.1, 0.15) is 5.82 Å². The average molecular weight is 282 g/mol. The molecule has 2 aromatic heterocycles. The number of imidazole rings is 1. The van der Waals surface area contributed by atoms with E-state index in [1.807, 2.05) is 6.92 Å². The van der Waals surface area contributed by atoms with E-state index in [0.29, 0.717) is 5.92 Å². The number of rotatable bonds is 2. The van der Waals surface area contributed by atoms with Gasteiger partial charge in [-0.2, -0.15) is 5.10 Å². The van der Waals surface area contributed by atoms with Gasteiger partial charge in [0.2, 0.25) is 0 Å². The van der Waals surface area contributed by atoms with Crippen LogP contribution in [-0.2, 0) is 0 Å². The van der Waals surface area contributed by atoms with Gasteiger partial charge >= 0.3 is 0 Å². The summed E-state index contributed by atoms with van der Waals surface area (Å²) in [5.41, 5.74) is 8.06. The van der Waals surface area contributed by atoms with Crippen molar-refractivity contribution in [3.05, 3.63) is 40.5 Å². The van der Waals surface area contributed by atoms with Gasteiger partial charge < -0.3 is 4.98 Å². The minimum absolute atomic E-state index is 0.482. The maximum Gasteiger partial charge on any atom is 0.104 e. The normalized spacial score (nSPS) is 11.8. The van der Waals surface area contributed by atoms with E-state index in [-0.39, 0.29) is 0 Å². The predicted molar refractivity (Wildman–Crippen MR) is 86.3 cm³/mol. The Labute approximate surface area is 125 Å². The van der Waals surface area contributed by atoms with Crippen molar-refractivity contribution in [3.8, 4) is 5.69 Å². The van der Waals surface area contributed by atoms with Crippen LogP contribution in [0, 0.1) is 27.7 Å². The highest BCUT2D eigenvalue weighted by atomic mass is 15.3. The minimum atomic E-state index is 0.482. The summed E-state index contributed by atoms with van der Waals surface area (Å²) < 4.78 is 2.06. The Balaban J connectivity index is 2.25. The number of nitrogens with zero attached hydrogens (tertiary/aromatic N) is 3. The fourth-order valence-electron chi connectivity index (χ4n) is 3.23. The van der Waals surface area contributed by atoms with Crippen molar-refractivity contribution in [1.82, 2.24) is 19.7 Å². The Morgan fingerprint density at radius 1 is 1.10 bits per heavy atom. The third-order valence-electron chi connectivity index (χ3n) is 4.07. The molecule has 0 spiro atoms. The molecule has 2 heterocycles. The van der Waals surface area contributed by atoms with Gasteiger partial charge in [-0.05, 0) is 56.9 Å². The van der Waals surface area contributed by atoms with Crippen molar-refractivity contribution >= 4 is 11.0 Å². The molecule has 0 amide bonds. The lowest BCUT2D eigenvalue weighted by Gasteiger charge is -2.10. The molecule has 0 saturated carbocycles. The number of hydrogen-bond acceptors (Lipinski definition) is 2. The number of aromatic nitrogens is 4. The van der Waals surface area contributed by atoms with E-state index in [0.717, 1.165) is 28.2 Å². The Kier molecular flexibility index (Phi) is 3.12. The molecule has 0 unspecified atom stereocenters. The number of benzene rings is 1. The van der Waals surface area contributed by atoms with E-state index < -0.39 is 0 Å². The van der Waals surface area contributed by atoms with Gasteiger partial charge in [0, 0.05) is 5.69 Å². The molecule has 110 valence electrons. The van der Waals surface area contributed by atoms with Crippen molar-refractivity contribution in [2.75, 3.05) is 0 Å². The van der Waals surface area contributed by atoms with Gasteiger partial charge in [0.25, 0.3) is 0 Å². The van der Waals surface area contributed by atoms with Crippen molar-refractivity contribution in [1.29, 1.82) is 0 Å². The highest BCUT2D eigenvalue weighted by Crippen LogP contribution is 2.27. The molecule has 0 aliphatic heterocycles. The molecule has 1 N–H and O–H groups in total. The van der Waals surface area contributed by atoms with Gasteiger partial charge in [-0.1, -0.05) is 13.8 Å². The highest BCUT2D eigenvalue weighted by molar-refractivity contribution is 5.79. The number of aryl methyl sites for hydroxylation is 3. The zero-order valence-corrected chi connectivity index (χ0v) is 13.6. The van der Waals surface area contributed by atoms with E-state index in [1.54, 1.807) is 0 Å². The summed E-state index contributed by atoms with van der Waals surface area (Å²) in [4.78, 5) is 7.82. The Morgan fingerprint density at radius 2 is 1.81 bits per heavy atom. The fraction of sp³-hybridized carbons (Fsp3) is 0.412.